The maximum Gasteiger partial charge on any atom is 0.211 e. The van der Waals surface area contributed by atoms with Crippen LogP contribution in [-0.4, -0.2) is 53.5 Å². The minimum Gasteiger partial charge on any atom is -0.369 e. The first-order valence-electron chi connectivity index (χ1n) is 14.8. The Morgan fingerprint density at radius 3 is 2.76 bits per heavy atom. The van der Waals surface area contributed by atoms with E-state index in [0.29, 0.717) is 23.8 Å². The molecular weight excluding hydrogens is 482 g/mol. The van der Waals surface area contributed by atoms with Gasteiger partial charge in [-0.1, -0.05) is 31.9 Å². The molecule has 4 fully saturated rings. The summed E-state index contributed by atoms with van der Waals surface area (Å²) in [4.78, 5) is 0. The second-order valence-electron chi connectivity index (χ2n) is 14.3. The van der Waals surface area contributed by atoms with Crippen molar-refractivity contribution in [3.63, 3.8) is 0 Å². The molecule has 1 spiro atoms. The first-order chi connectivity index (χ1) is 17.5. The van der Waals surface area contributed by atoms with Crippen LogP contribution in [0.15, 0.2) is 17.3 Å². The zero-order chi connectivity index (χ0) is 25.9. The molecule has 10 atom stereocenters. The number of sulfonamides is 1. The molecule has 204 valence electrons. The lowest BCUT2D eigenvalue weighted by molar-refractivity contribution is -0.0763. The Hall–Kier alpha value is -1.18. The van der Waals surface area contributed by atoms with Crippen molar-refractivity contribution in [2.24, 2.45) is 40.9 Å². The molecule has 4 aliphatic carbocycles. The molecule has 1 aromatic heterocycles. The summed E-state index contributed by atoms with van der Waals surface area (Å²) in [6, 6.07) is -0.0181. The van der Waals surface area contributed by atoms with Gasteiger partial charge in [-0.25, -0.2) is 8.42 Å². The zero-order valence-corrected chi connectivity index (χ0v) is 24.1. The maximum absolute atomic E-state index is 12.8. The molecule has 3 heterocycles. The largest absolute Gasteiger partial charge is 0.369 e. The molecule has 0 aromatic carbocycles. The Bertz CT molecular complexity index is 1240. The highest BCUT2D eigenvalue weighted by Gasteiger charge is 2.61. The average Bonchev–Trinajstić information content (AvgIpc) is 3.47. The monoisotopic (exact) mass is 527 g/mol. The van der Waals surface area contributed by atoms with Gasteiger partial charge in [-0.3, -0.25) is 5.10 Å². The lowest BCUT2D eigenvalue weighted by Gasteiger charge is -2.52. The highest BCUT2D eigenvalue weighted by molar-refractivity contribution is 7.88. The van der Waals surface area contributed by atoms with Crippen LogP contribution in [0.5, 0.6) is 0 Å². The Balaban J connectivity index is 1.19. The van der Waals surface area contributed by atoms with Gasteiger partial charge in [0.1, 0.15) is 0 Å². The van der Waals surface area contributed by atoms with Gasteiger partial charge < -0.3 is 4.74 Å². The van der Waals surface area contributed by atoms with Crippen LogP contribution in [0, 0.1) is 40.9 Å². The van der Waals surface area contributed by atoms with Crippen LogP contribution >= 0.6 is 0 Å². The quantitative estimate of drug-likeness (QED) is 0.515. The number of hydrogen-bond donors (Lipinski definition) is 1. The summed E-state index contributed by atoms with van der Waals surface area (Å²) >= 11 is 0. The van der Waals surface area contributed by atoms with Crippen LogP contribution in [0.3, 0.4) is 0 Å². The van der Waals surface area contributed by atoms with E-state index in [4.69, 9.17) is 4.74 Å². The third-order valence-corrected chi connectivity index (χ3v) is 13.6. The summed E-state index contributed by atoms with van der Waals surface area (Å²) in [5, 5.41) is 7.68. The van der Waals surface area contributed by atoms with Gasteiger partial charge in [0, 0.05) is 18.2 Å². The number of nitrogens with one attached hydrogen (secondary N) is 1. The summed E-state index contributed by atoms with van der Waals surface area (Å²) in [6.45, 7) is 10.1. The molecule has 2 saturated heterocycles. The Morgan fingerprint density at radius 1 is 1.16 bits per heavy atom. The summed E-state index contributed by atoms with van der Waals surface area (Å²) in [5.41, 5.74) is 6.28. The van der Waals surface area contributed by atoms with Gasteiger partial charge >= 0.3 is 0 Å². The van der Waals surface area contributed by atoms with Crippen molar-refractivity contribution >= 4 is 10.0 Å². The molecule has 0 amide bonds. The molecule has 1 N–H and O–H groups in total. The highest BCUT2D eigenvalue weighted by Crippen LogP contribution is 2.64. The summed E-state index contributed by atoms with van der Waals surface area (Å²) < 4.78 is 34.4. The SMILES string of the molecule is CC1=C2CC3C(CCC4Cc5[nH]ncc5CC43C)C2CCC2(C1)OC1CC(C)CN(S(C)(=O)=O)C1C2C. The van der Waals surface area contributed by atoms with E-state index in [2.05, 4.69) is 44.1 Å². The van der Waals surface area contributed by atoms with Crippen molar-refractivity contribution in [1.82, 2.24) is 14.5 Å². The van der Waals surface area contributed by atoms with Crippen LogP contribution in [0.25, 0.3) is 0 Å². The van der Waals surface area contributed by atoms with Gasteiger partial charge in [0.25, 0.3) is 0 Å². The predicted octanol–water partition coefficient (Wildman–Crippen LogP) is 5.12. The molecule has 0 radical (unpaired) electrons. The Labute approximate surface area is 223 Å². The van der Waals surface area contributed by atoms with Crippen molar-refractivity contribution in [1.29, 1.82) is 0 Å². The number of rotatable bonds is 1. The molecule has 0 bridgehead atoms. The number of allylic oxidation sites excluding steroid dienone is 1. The number of aromatic amines is 1. The molecule has 7 rings (SSSR count). The number of ether oxygens (including phenoxy) is 1. The number of aromatic nitrogens is 2. The smallest absolute Gasteiger partial charge is 0.211 e. The van der Waals surface area contributed by atoms with Crippen LogP contribution in [0.4, 0.5) is 0 Å². The topological polar surface area (TPSA) is 75.3 Å². The van der Waals surface area contributed by atoms with Crippen LogP contribution in [0.1, 0.15) is 83.9 Å². The average molecular weight is 528 g/mol. The van der Waals surface area contributed by atoms with E-state index in [-0.39, 0.29) is 23.7 Å². The number of hydrogen-bond acceptors (Lipinski definition) is 4. The fourth-order valence-electron chi connectivity index (χ4n) is 10.6. The van der Waals surface area contributed by atoms with E-state index in [9.17, 15) is 8.42 Å². The van der Waals surface area contributed by atoms with Crippen LogP contribution in [0.2, 0.25) is 0 Å². The maximum atomic E-state index is 12.8. The molecule has 7 heteroatoms. The molecule has 37 heavy (non-hydrogen) atoms. The van der Waals surface area contributed by atoms with Crippen LogP contribution < -0.4 is 0 Å². The molecule has 6 aliphatic rings. The van der Waals surface area contributed by atoms with Gasteiger partial charge in [-0.2, -0.15) is 9.40 Å². The van der Waals surface area contributed by atoms with Crippen molar-refractivity contribution in [3.05, 3.63) is 28.6 Å². The van der Waals surface area contributed by atoms with E-state index >= 15 is 0 Å². The highest BCUT2D eigenvalue weighted by atomic mass is 32.2. The van der Waals surface area contributed by atoms with E-state index in [1.807, 2.05) is 0 Å². The summed E-state index contributed by atoms with van der Waals surface area (Å²) in [6.07, 6.45) is 14.0. The lowest BCUT2D eigenvalue weighted by atomic mass is 9.52. The van der Waals surface area contributed by atoms with Gasteiger partial charge in [0.2, 0.25) is 10.0 Å². The van der Waals surface area contributed by atoms with Crippen LogP contribution in [-0.2, 0) is 27.6 Å². The van der Waals surface area contributed by atoms with E-state index < -0.39 is 10.0 Å². The second-order valence-corrected chi connectivity index (χ2v) is 16.2. The lowest BCUT2D eigenvalue weighted by Crippen LogP contribution is -2.53. The standard InChI is InChI=1S/C30H45N3O3S/c1-17-10-27-28(33(16-17)37(5,34)35)19(3)30(36-27)9-8-22-23-7-6-21-11-26-20(15-31-32-26)14-29(21,4)25(23)12-24(22)18(2)13-30/h15,17,19,21-23,25,27-28H,6-14,16H2,1-5H3,(H,31,32). The summed E-state index contributed by atoms with van der Waals surface area (Å²) in [5.74, 6) is 3.55. The van der Waals surface area contributed by atoms with E-state index in [1.54, 1.807) is 15.5 Å². The molecule has 6 nitrogen and oxygen atoms in total. The second kappa shape index (κ2) is 8.17. The van der Waals surface area contributed by atoms with Crippen molar-refractivity contribution in [2.45, 2.75) is 103 Å². The third kappa shape index (κ3) is 3.55. The number of fused-ring (bicyclic) bond motifs is 7. The molecule has 1 aromatic rings. The number of nitrogens with zero attached hydrogens (tertiary/aromatic N) is 2. The normalized spacial score (nSPS) is 47.7. The van der Waals surface area contributed by atoms with Gasteiger partial charge in [-0.15, -0.1) is 0 Å². The minimum absolute atomic E-state index is 0.0181. The third-order valence-electron chi connectivity index (χ3n) is 12.4. The first-order valence-corrected chi connectivity index (χ1v) is 16.7. The van der Waals surface area contributed by atoms with Gasteiger partial charge in [-0.05, 0) is 105 Å². The van der Waals surface area contributed by atoms with E-state index in [0.717, 1.165) is 37.0 Å². The van der Waals surface area contributed by atoms with E-state index in [1.165, 1.54) is 56.0 Å². The first kappa shape index (κ1) is 24.8. The molecule has 10 unspecified atom stereocenters. The minimum atomic E-state index is -3.26. The predicted molar refractivity (Wildman–Crippen MR) is 144 cm³/mol. The van der Waals surface area contributed by atoms with Crippen molar-refractivity contribution in [3.8, 4) is 0 Å². The Morgan fingerprint density at radius 2 is 1.97 bits per heavy atom. The van der Waals surface area contributed by atoms with Crippen molar-refractivity contribution < 1.29 is 13.2 Å². The molecule has 2 saturated carbocycles. The number of piperidine rings is 1. The number of H-pyrrole nitrogens is 1. The van der Waals surface area contributed by atoms with Gasteiger partial charge in [0.05, 0.1) is 30.2 Å². The fraction of sp³-hybridized carbons (Fsp3) is 0.833. The summed E-state index contributed by atoms with van der Waals surface area (Å²) in [7, 11) is -3.26. The fourth-order valence-corrected chi connectivity index (χ4v) is 11.9. The van der Waals surface area contributed by atoms with Gasteiger partial charge in [0.15, 0.2) is 0 Å². The molecule has 2 aliphatic heterocycles. The zero-order valence-electron chi connectivity index (χ0n) is 23.3. The molecular formula is C30H45N3O3S. The Kier molecular flexibility index (Phi) is 5.48. The van der Waals surface area contributed by atoms with Crippen molar-refractivity contribution in [2.75, 3.05) is 12.8 Å².